The van der Waals surface area contributed by atoms with Crippen molar-refractivity contribution in [3.63, 3.8) is 0 Å². The maximum Gasteiger partial charge on any atom is 0.326 e. The number of urea groups is 1. The Balaban J connectivity index is 2.41. The number of aromatic nitrogens is 1. The molecule has 0 bridgehead atoms. The number of amides is 2. The van der Waals surface area contributed by atoms with Crippen molar-refractivity contribution >= 4 is 18.0 Å². The predicted octanol–water partition coefficient (Wildman–Crippen LogP) is 0.287. The third-order valence-corrected chi connectivity index (χ3v) is 2.67. The first-order valence-corrected chi connectivity index (χ1v) is 6.26. The number of carbonyl (C=O) groups excluding carboxylic acids is 2. The van der Waals surface area contributed by atoms with Crippen molar-refractivity contribution in [2.45, 2.75) is 25.4 Å². The third kappa shape index (κ3) is 6.37. The van der Waals surface area contributed by atoms with Gasteiger partial charge in [-0.15, -0.1) is 0 Å². The van der Waals surface area contributed by atoms with Crippen LogP contribution >= 0.6 is 0 Å². The third-order valence-electron chi connectivity index (χ3n) is 2.67. The highest BCUT2D eigenvalue weighted by Gasteiger charge is 2.21. The molecular formula is C13H17N3O5. The van der Waals surface area contributed by atoms with E-state index in [2.05, 4.69) is 20.4 Å². The van der Waals surface area contributed by atoms with E-state index >= 15 is 0 Å². The van der Waals surface area contributed by atoms with E-state index in [0.29, 0.717) is 0 Å². The first-order chi connectivity index (χ1) is 10.0. The highest BCUT2D eigenvalue weighted by Crippen LogP contribution is 2.00. The standard InChI is InChI=1S/C13H17N3O5/c1-21-11(17)3-2-10(12(18)19)16-13(20)15-8-9-4-6-14-7-5-9/h4-7,10H,2-3,8H2,1H3,(H,18,19)(H2,15,16,20)/t10-/m1/s1. The lowest BCUT2D eigenvalue weighted by Crippen LogP contribution is -2.46. The van der Waals surface area contributed by atoms with Crippen LogP contribution in [0.1, 0.15) is 18.4 Å². The van der Waals surface area contributed by atoms with Crippen LogP contribution in [0.3, 0.4) is 0 Å². The van der Waals surface area contributed by atoms with Crippen molar-refractivity contribution in [1.29, 1.82) is 0 Å². The number of carboxylic acids is 1. The zero-order valence-electron chi connectivity index (χ0n) is 11.5. The molecule has 0 saturated carbocycles. The number of ether oxygens (including phenoxy) is 1. The van der Waals surface area contributed by atoms with Crippen molar-refractivity contribution in [3.8, 4) is 0 Å². The maximum atomic E-state index is 11.6. The van der Waals surface area contributed by atoms with E-state index in [9.17, 15) is 14.4 Å². The summed E-state index contributed by atoms with van der Waals surface area (Å²) in [5.41, 5.74) is 0.835. The van der Waals surface area contributed by atoms with Crippen LogP contribution in [0.25, 0.3) is 0 Å². The fourth-order valence-electron chi connectivity index (χ4n) is 1.51. The lowest BCUT2D eigenvalue weighted by atomic mass is 10.1. The fraction of sp³-hybridized carbons (Fsp3) is 0.385. The SMILES string of the molecule is COC(=O)CC[C@@H](NC(=O)NCc1ccncc1)C(=O)O. The summed E-state index contributed by atoms with van der Waals surface area (Å²) in [5.74, 6) is -1.74. The van der Waals surface area contributed by atoms with E-state index in [0.717, 1.165) is 5.56 Å². The Bertz CT molecular complexity index is 492. The summed E-state index contributed by atoms with van der Waals surface area (Å²) in [6.07, 6.45) is 3.06. The molecule has 0 aliphatic rings. The Kier molecular flexibility index (Phi) is 6.66. The first kappa shape index (κ1) is 16.4. The summed E-state index contributed by atoms with van der Waals surface area (Å²) in [5, 5.41) is 13.8. The molecule has 21 heavy (non-hydrogen) atoms. The average molecular weight is 295 g/mol. The predicted molar refractivity (Wildman–Crippen MR) is 72.3 cm³/mol. The van der Waals surface area contributed by atoms with Crippen LogP contribution in [0.2, 0.25) is 0 Å². The second kappa shape index (κ2) is 8.51. The van der Waals surface area contributed by atoms with E-state index < -0.39 is 24.0 Å². The Morgan fingerprint density at radius 1 is 1.33 bits per heavy atom. The van der Waals surface area contributed by atoms with Crippen LogP contribution in [-0.4, -0.2) is 41.2 Å². The number of hydrogen-bond acceptors (Lipinski definition) is 5. The zero-order chi connectivity index (χ0) is 15.7. The van der Waals surface area contributed by atoms with E-state index in [1.165, 1.54) is 7.11 Å². The Labute approximate surface area is 121 Å². The molecule has 0 saturated heterocycles. The fourth-order valence-corrected chi connectivity index (χ4v) is 1.51. The molecule has 0 unspecified atom stereocenters. The van der Waals surface area contributed by atoms with Gasteiger partial charge >= 0.3 is 18.0 Å². The molecule has 0 aliphatic carbocycles. The van der Waals surface area contributed by atoms with Gasteiger partial charge in [-0.1, -0.05) is 0 Å². The smallest absolute Gasteiger partial charge is 0.326 e. The second-order valence-electron chi connectivity index (χ2n) is 4.19. The summed E-state index contributed by atoms with van der Waals surface area (Å²) in [6.45, 7) is 0.248. The number of nitrogens with zero attached hydrogens (tertiary/aromatic N) is 1. The largest absolute Gasteiger partial charge is 0.480 e. The van der Waals surface area contributed by atoms with Crippen molar-refractivity contribution in [2.75, 3.05) is 7.11 Å². The molecule has 0 aliphatic heterocycles. The van der Waals surface area contributed by atoms with E-state index in [4.69, 9.17) is 5.11 Å². The molecule has 1 rings (SSSR count). The van der Waals surface area contributed by atoms with Gasteiger partial charge in [0.05, 0.1) is 7.11 Å². The van der Waals surface area contributed by atoms with Gasteiger partial charge in [0.25, 0.3) is 0 Å². The Morgan fingerprint density at radius 2 is 2.00 bits per heavy atom. The van der Waals surface area contributed by atoms with E-state index in [1.807, 2.05) is 0 Å². The highest BCUT2D eigenvalue weighted by molar-refractivity contribution is 5.83. The van der Waals surface area contributed by atoms with Gasteiger partial charge in [0.1, 0.15) is 6.04 Å². The summed E-state index contributed by atoms with van der Waals surface area (Å²) in [4.78, 5) is 37.5. The van der Waals surface area contributed by atoms with Crippen molar-refractivity contribution < 1.29 is 24.2 Å². The zero-order valence-corrected chi connectivity index (χ0v) is 11.5. The van der Waals surface area contributed by atoms with Gasteiger partial charge in [-0.05, 0) is 24.1 Å². The minimum Gasteiger partial charge on any atom is -0.480 e. The molecule has 114 valence electrons. The van der Waals surface area contributed by atoms with E-state index in [-0.39, 0.29) is 19.4 Å². The number of methoxy groups -OCH3 is 1. The summed E-state index contributed by atoms with van der Waals surface area (Å²) >= 11 is 0. The van der Waals surface area contributed by atoms with Crippen LogP contribution < -0.4 is 10.6 Å². The van der Waals surface area contributed by atoms with Gasteiger partial charge in [0.2, 0.25) is 0 Å². The molecule has 0 spiro atoms. The molecule has 8 nitrogen and oxygen atoms in total. The summed E-state index contributed by atoms with van der Waals surface area (Å²) in [6, 6.07) is 1.68. The quantitative estimate of drug-likeness (QED) is 0.622. The summed E-state index contributed by atoms with van der Waals surface area (Å²) in [7, 11) is 1.22. The molecular weight excluding hydrogens is 278 g/mol. The van der Waals surface area contributed by atoms with Crippen LogP contribution in [-0.2, 0) is 20.9 Å². The molecule has 1 heterocycles. The van der Waals surface area contributed by atoms with Crippen LogP contribution in [0.15, 0.2) is 24.5 Å². The molecule has 8 heteroatoms. The van der Waals surface area contributed by atoms with Gasteiger partial charge in [-0.2, -0.15) is 0 Å². The topological polar surface area (TPSA) is 118 Å². The van der Waals surface area contributed by atoms with Crippen LogP contribution in [0, 0.1) is 0 Å². The number of rotatable bonds is 7. The molecule has 0 aromatic carbocycles. The molecule has 2 amide bonds. The van der Waals surface area contributed by atoms with Crippen molar-refractivity contribution in [2.24, 2.45) is 0 Å². The Morgan fingerprint density at radius 3 is 2.57 bits per heavy atom. The molecule has 1 aromatic heterocycles. The van der Waals surface area contributed by atoms with Gasteiger partial charge in [0.15, 0.2) is 0 Å². The second-order valence-corrected chi connectivity index (χ2v) is 4.19. The number of pyridine rings is 1. The van der Waals surface area contributed by atoms with Crippen LogP contribution in [0.4, 0.5) is 4.79 Å². The lowest BCUT2D eigenvalue weighted by Gasteiger charge is -2.14. The van der Waals surface area contributed by atoms with E-state index in [1.54, 1.807) is 24.5 Å². The molecule has 3 N–H and O–H groups in total. The molecule has 0 fully saturated rings. The number of carboxylic acid groups (broad SMARTS) is 1. The number of aliphatic carboxylic acids is 1. The number of esters is 1. The normalized spacial score (nSPS) is 11.3. The lowest BCUT2D eigenvalue weighted by molar-refractivity contribution is -0.142. The van der Waals surface area contributed by atoms with Crippen LogP contribution in [0.5, 0.6) is 0 Å². The van der Waals surface area contributed by atoms with Gasteiger partial charge < -0.3 is 20.5 Å². The Hall–Kier alpha value is -2.64. The van der Waals surface area contributed by atoms with Gasteiger partial charge in [-0.25, -0.2) is 9.59 Å². The number of carbonyl (C=O) groups is 3. The van der Waals surface area contributed by atoms with Crippen molar-refractivity contribution in [1.82, 2.24) is 15.6 Å². The monoisotopic (exact) mass is 295 g/mol. The minimum atomic E-state index is -1.21. The van der Waals surface area contributed by atoms with Gasteiger partial charge in [-0.3, -0.25) is 9.78 Å². The average Bonchev–Trinajstić information content (AvgIpc) is 2.49. The van der Waals surface area contributed by atoms with Gasteiger partial charge in [0, 0.05) is 25.4 Å². The first-order valence-electron chi connectivity index (χ1n) is 6.26. The van der Waals surface area contributed by atoms with Crippen molar-refractivity contribution in [3.05, 3.63) is 30.1 Å². The number of nitrogens with one attached hydrogen (secondary N) is 2. The number of hydrogen-bond donors (Lipinski definition) is 3. The molecule has 1 atom stereocenters. The maximum absolute atomic E-state index is 11.6. The highest BCUT2D eigenvalue weighted by atomic mass is 16.5. The minimum absolute atomic E-state index is 0.0370. The summed E-state index contributed by atoms with van der Waals surface area (Å²) < 4.78 is 4.42. The molecule has 0 radical (unpaired) electrons. The molecule has 1 aromatic rings.